The predicted octanol–water partition coefficient (Wildman–Crippen LogP) is 4.58. The third-order valence-corrected chi connectivity index (χ3v) is 3.86. The maximum Gasteiger partial charge on any atom is 0.255 e. The van der Waals surface area contributed by atoms with E-state index in [1.807, 2.05) is 60.7 Å². The van der Waals surface area contributed by atoms with Gasteiger partial charge in [-0.15, -0.1) is 0 Å². The number of benzene rings is 3. The fourth-order valence-electron chi connectivity index (χ4n) is 2.54. The lowest BCUT2D eigenvalue weighted by Gasteiger charge is -2.19. The van der Waals surface area contributed by atoms with Gasteiger partial charge in [-0.05, 0) is 42.0 Å². The van der Waals surface area contributed by atoms with Gasteiger partial charge in [-0.1, -0.05) is 48.5 Å². The molecule has 0 aliphatic heterocycles. The summed E-state index contributed by atoms with van der Waals surface area (Å²) < 4.78 is 0. The topological polar surface area (TPSA) is 32.3 Å². The van der Waals surface area contributed by atoms with Gasteiger partial charge in [-0.25, -0.2) is 0 Å². The molecule has 0 saturated carbocycles. The number of rotatable bonds is 5. The summed E-state index contributed by atoms with van der Waals surface area (Å²) in [5.41, 5.74) is 3.82. The van der Waals surface area contributed by atoms with Crippen LogP contribution in [0.25, 0.3) is 0 Å². The zero-order valence-electron chi connectivity index (χ0n) is 13.6. The molecule has 3 rings (SSSR count). The van der Waals surface area contributed by atoms with Gasteiger partial charge in [0.2, 0.25) is 0 Å². The van der Waals surface area contributed by atoms with Crippen molar-refractivity contribution in [1.82, 2.24) is 0 Å². The first kappa shape index (κ1) is 15.8. The van der Waals surface area contributed by atoms with Gasteiger partial charge in [-0.3, -0.25) is 4.79 Å². The molecule has 0 unspecified atom stereocenters. The number of hydrogen-bond acceptors (Lipinski definition) is 2. The Bertz CT molecular complexity index is 783. The third kappa shape index (κ3) is 4.02. The van der Waals surface area contributed by atoms with Crippen LogP contribution in [0, 0.1) is 0 Å². The fraction of sp³-hybridized carbons (Fsp3) is 0.0952. The Morgan fingerprint density at radius 2 is 1.42 bits per heavy atom. The Kier molecular flexibility index (Phi) is 4.92. The van der Waals surface area contributed by atoms with Crippen LogP contribution in [0.2, 0.25) is 0 Å². The molecule has 0 heterocycles. The Hall–Kier alpha value is -3.07. The number of anilines is 2. The van der Waals surface area contributed by atoms with Gasteiger partial charge in [0.15, 0.2) is 0 Å². The van der Waals surface area contributed by atoms with E-state index in [-0.39, 0.29) is 5.91 Å². The molecule has 0 aliphatic carbocycles. The van der Waals surface area contributed by atoms with Crippen molar-refractivity contribution in [3.8, 4) is 0 Å². The molecule has 0 bridgehead atoms. The van der Waals surface area contributed by atoms with Gasteiger partial charge in [-0.2, -0.15) is 0 Å². The molecule has 0 aliphatic rings. The highest BCUT2D eigenvalue weighted by atomic mass is 16.1. The molecule has 0 atom stereocenters. The quantitative estimate of drug-likeness (QED) is 0.747. The van der Waals surface area contributed by atoms with Gasteiger partial charge in [0, 0.05) is 30.5 Å². The van der Waals surface area contributed by atoms with Crippen LogP contribution < -0.4 is 10.2 Å². The van der Waals surface area contributed by atoms with E-state index >= 15 is 0 Å². The van der Waals surface area contributed by atoms with Crippen molar-refractivity contribution in [1.29, 1.82) is 0 Å². The molecule has 3 aromatic carbocycles. The summed E-state index contributed by atoms with van der Waals surface area (Å²) in [7, 11) is 2.06. The zero-order valence-corrected chi connectivity index (χ0v) is 13.6. The Labute approximate surface area is 142 Å². The van der Waals surface area contributed by atoms with E-state index in [0.717, 1.165) is 17.9 Å². The number of hydrogen-bond donors (Lipinski definition) is 1. The van der Waals surface area contributed by atoms with Crippen molar-refractivity contribution in [2.75, 3.05) is 17.3 Å². The molecule has 1 N–H and O–H groups in total. The van der Waals surface area contributed by atoms with Crippen molar-refractivity contribution >= 4 is 17.3 Å². The maximum absolute atomic E-state index is 12.2. The van der Waals surface area contributed by atoms with Crippen molar-refractivity contribution in [2.24, 2.45) is 0 Å². The molecule has 0 saturated heterocycles. The molecule has 0 spiro atoms. The summed E-state index contributed by atoms with van der Waals surface area (Å²) in [6.45, 7) is 0.844. The highest BCUT2D eigenvalue weighted by Gasteiger charge is 2.06. The van der Waals surface area contributed by atoms with Crippen molar-refractivity contribution in [3.63, 3.8) is 0 Å². The van der Waals surface area contributed by atoms with Gasteiger partial charge in [0.1, 0.15) is 0 Å². The average Bonchev–Trinajstić information content (AvgIpc) is 2.64. The molecule has 1 amide bonds. The van der Waals surface area contributed by atoms with Crippen molar-refractivity contribution in [2.45, 2.75) is 6.54 Å². The van der Waals surface area contributed by atoms with E-state index in [9.17, 15) is 4.79 Å². The first-order chi connectivity index (χ1) is 11.7. The van der Waals surface area contributed by atoms with Crippen molar-refractivity contribution in [3.05, 3.63) is 96.1 Å². The normalized spacial score (nSPS) is 10.2. The molecule has 0 aromatic heterocycles. The first-order valence-electron chi connectivity index (χ1n) is 7.94. The van der Waals surface area contributed by atoms with Crippen LogP contribution in [-0.4, -0.2) is 13.0 Å². The van der Waals surface area contributed by atoms with Gasteiger partial charge >= 0.3 is 0 Å². The lowest BCUT2D eigenvalue weighted by atomic mass is 10.2. The summed E-state index contributed by atoms with van der Waals surface area (Å²) in [4.78, 5) is 14.3. The summed E-state index contributed by atoms with van der Waals surface area (Å²) in [6, 6.07) is 27.5. The van der Waals surface area contributed by atoms with Crippen LogP contribution in [0.3, 0.4) is 0 Å². The largest absolute Gasteiger partial charge is 0.370 e. The second-order valence-electron chi connectivity index (χ2n) is 5.71. The van der Waals surface area contributed by atoms with Crippen LogP contribution in [0.5, 0.6) is 0 Å². The minimum absolute atomic E-state index is 0.0963. The lowest BCUT2D eigenvalue weighted by Crippen LogP contribution is -2.16. The maximum atomic E-state index is 12.2. The summed E-state index contributed by atoms with van der Waals surface area (Å²) in [5, 5.41) is 2.92. The minimum atomic E-state index is -0.0963. The van der Waals surface area contributed by atoms with E-state index in [4.69, 9.17) is 0 Å². The summed E-state index contributed by atoms with van der Waals surface area (Å²) in [5.74, 6) is -0.0963. The van der Waals surface area contributed by atoms with Crippen LogP contribution >= 0.6 is 0 Å². The zero-order chi connectivity index (χ0) is 16.8. The molecular weight excluding hydrogens is 296 g/mol. The van der Waals surface area contributed by atoms with Crippen LogP contribution in [0.1, 0.15) is 15.9 Å². The Morgan fingerprint density at radius 1 is 0.833 bits per heavy atom. The van der Waals surface area contributed by atoms with E-state index in [2.05, 4.69) is 29.4 Å². The number of amides is 1. The van der Waals surface area contributed by atoms with Crippen LogP contribution in [-0.2, 0) is 6.54 Å². The molecule has 0 radical (unpaired) electrons. The molecule has 3 aromatic rings. The second-order valence-corrected chi connectivity index (χ2v) is 5.71. The lowest BCUT2D eigenvalue weighted by molar-refractivity contribution is 0.102. The SMILES string of the molecule is CN(Cc1ccccc1)c1ccc(NC(=O)c2ccccc2)cc1. The molecule has 0 fully saturated rings. The van der Waals surface area contributed by atoms with Crippen molar-refractivity contribution < 1.29 is 4.79 Å². The van der Waals surface area contributed by atoms with Gasteiger partial charge in [0.25, 0.3) is 5.91 Å². The third-order valence-electron chi connectivity index (χ3n) is 3.86. The standard InChI is InChI=1S/C21H20N2O/c1-23(16-17-8-4-2-5-9-17)20-14-12-19(13-15-20)22-21(24)18-10-6-3-7-11-18/h2-15H,16H2,1H3,(H,22,24). The number of nitrogens with one attached hydrogen (secondary N) is 1. The molecule has 3 nitrogen and oxygen atoms in total. The highest BCUT2D eigenvalue weighted by molar-refractivity contribution is 6.04. The molecule has 24 heavy (non-hydrogen) atoms. The average molecular weight is 316 g/mol. The van der Waals surface area contributed by atoms with E-state index in [0.29, 0.717) is 5.56 Å². The van der Waals surface area contributed by atoms with E-state index in [1.54, 1.807) is 12.1 Å². The predicted molar refractivity (Wildman–Crippen MR) is 99.4 cm³/mol. The van der Waals surface area contributed by atoms with Crippen LogP contribution in [0.4, 0.5) is 11.4 Å². The van der Waals surface area contributed by atoms with Crippen LogP contribution in [0.15, 0.2) is 84.9 Å². The minimum Gasteiger partial charge on any atom is -0.370 e. The molecule has 120 valence electrons. The number of carbonyl (C=O) groups excluding carboxylic acids is 1. The van der Waals surface area contributed by atoms with Gasteiger partial charge < -0.3 is 10.2 Å². The Morgan fingerprint density at radius 3 is 2.04 bits per heavy atom. The van der Waals surface area contributed by atoms with Gasteiger partial charge in [0.05, 0.1) is 0 Å². The molecule has 3 heteroatoms. The van der Waals surface area contributed by atoms with E-state index < -0.39 is 0 Å². The van der Waals surface area contributed by atoms with E-state index in [1.165, 1.54) is 5.56 Å². The summed E-state index contributed by atoms with van der Waals surface area (Å²) in [6.07, 6.45) is 0. The first-order valence-corrected chi connectivity index (χ1v) is 7.94. The summed E-state index contributed by atoms with van der Waals surface area (Å²) >= 11 is 0. The highest BCUT2D eigenvalue weighted by Crippen LogP contribution is 2.19. The fourth-order valence-corrected chi connectivity index (χ4v) is 2.54. The number of nitrogens with zero attached hydrogens (tertiary/aromatic N) is 1. The smallest absolute Gasteiger partial charge is 0.255 e. The second kappa shape index (κ2) is 7.47. The number of carbonyl (C=O) groups is 1. The Balaban J connectivity index is 1.64. The molecular formula is C21H20N2O. The monoisotopic (exact) mass is 316 g/mol.